The molecule has 4 rings (SSSR count). The topological polar surface area (TPSA) is 90.4 Å². The number of ether oxygens (including phenoxy) is 1. The van der Waals surface area contributed by atoms with E-state index in [1.165, 1.54) is 11.8 Å². The number of aromatic nitrogens is 3. The van der Waals surface area contributed by atoms with Crippen LogP contribution in [0.3, 0.4) is 0 Å². The molecule has 0 bridgehead atoms. The van der Waals surface area contributed by atoms with Gasteiger partial charge >= 0.3 is 0 Å². The van der Waals surface area contributed by atoms with Crippen molar-refractivity contribution in [2.24, 2.45) is 0 Å². The van der Waals surface area contributed by atoms with E-state index in [1.807, 2.05) is 46.1 Å². The Morgan fingerprint density at radius 2 is 2.00 bits per heavy atom. The number of aliphatic hydroxyl groups is 1. The molecule has 0 fully saturated rings. The van der Waals surface area contributed by atoms with Gasteiger partial charge in [-0.1, -0.05) is 25.4 Å². The molecule has 186 valence electrons. The Labute approximate surface area is 214 Å². The smallest absolute Gasteiger partial charge is 0.196 e. The molecule has 0 saturated carbocycles. The molecule has 3 heterocycles. The third kappa shape index (κ3) is 5.72. The van der Waals surface area contributed by atoms with E-state index in [9.17, 15) is 9.90 Å². The van der Waals surface area contributed by atoms with Gasteiger partial charge in [0, 0.05) is 17.3 Å². The van der Waals surface area contributed by atoms with Crippen LogP contribution in [0, 0.1) is 13.8 Å². The molecule has 0 amide bonds. The van der Waals surface area contributed by atoms with Crippen molar-refractivity contribution in [3.05, 3.63) is 68.7 Å². The lowest BCUT2D eigenvalue weighted by atomic mass is 10.0. The van der Waals surface area contributed by atoms with E-state index in [0.717, 1.165) is 11.1 Å². The highest BCUT2D eigenvalue weighted by Crippen LogP contribution is 2.35. The largest absolute Gasteiger partial charge is 0.483 e. The minimum absolute atomic E-state index is 0.0301. The van der Waals surface area contributed by atoms with Gasteiger partial charge in [0.2, 0.25) is 0 Å². The van der Waals surface area contributed by atoms with Crippen molar-refractivity contribution in [3.8, 4) is 17.1 Å². The Bertz CT molecular complexity index is 1380. The summed E-state index contributed by atoms with van der Waals surface area (Å²) >= 11 is 7.47. The zero-order valence-electron chi connectivity index (χ0n) is 20.8. The van der Waals surface area contributed by atoms with Crippen LogP contribution in [0.15, 0.2) is 50.9 Å². The van der Waals surface area contributed by atoms with Gasteiger partial charge in [-0.25, -0.2) is 4.98 Å². The average molecular weight is 516 g/mol. The minimum Gasteiger partial charge on any atom is -0.483 e. The fraction of sp³-hybridized carbons (Fsp3) is 0.346. The van der Waals surface area contributed by atoms with Gasteiger partial charge in [-0.15, -0.1) is 11.8 Å². The van der Waals surface area contributed by atoms with Crippen molar-refractivity contribution < 1.29 is 14.3 Å². The van der Waals surface area contributed by atoms with Gasteiger partial charge in [-0.05, 0) is 56.9 Å². The summed E-state index contributed by atoms with van der Waals surface area (Å²) < 4.78 is 14.2. The van der Waals surface area contributed by atoms with E-state index < -0.39 is 6.10 Å². The molecule has 3 aromatic heterocycles. The van der Waals surface area contributed by atoms with Crippen molar-refractivity contribution >= 4 is 34.3 Å². The van der Waals surface area contributed by atoms with E-state index in [-0.39, 0.29) is 12.0 Å². The van der Waals surface area contributed by atoms with Crippen molar-refractivity contribution in [1.29, 1.82) is 0 Å². The first-order chi connectivity index (χ1) is 16.8. The molecule has 0 aliphatic rings. The lowest BCUT2D eigenvalue weighted by molar-refractivity contribution is 0.219. The zero-order valence-corrected chi connectivity index (χ0v) is 22.3. The maximum atomic E-state index is 13.3. The summed E-state index contributed by atoms with van der Waals surface area (Å²) in [6.07, 6.45) is 4.87. The van der Waals surface area contributed by atoms with Crippen LogP contribution in [0.1, 0.15) is 43.6 Å². The zero-order chi connectivity index (χ0) is 25.7. The lowest BCUT2D eigenvalue weighted by Gasteiger charge is -2.19. The van der Waals surface area contributed by atoms with Crippen LogP contribution in [-0.4, -0.2) is 32.7 Å². The number of nitrogens with zero attached hydrogens (tertiary/aromatic N) is 3. The highest BCUT2D eigenvalue weighted by atomic mass is 35.5. The van der Waals surface area contributed by atoms with Gasteiger partial charge in [-0.2, -0.15) is 5.10 Å². The summed E-state index contributed by atoms with van der Waals surface area (Å²) in [4.78, 5) is 17.6. The Balaban J connectivity index is 0.00000167. The van der Waals surface area contributed by atoms with E-state index in [0.29, 0.717) is 50.3 Å². The van der Waals surface area contributed by atoms with Crippen LogP contribution in [-0.2, 0) is 6.54 Å². The fourth-order valence-electron chi connectivity index (χ4n) is 3.75. The van der Waals surface area contributed by atoms with Gasteiger partial charge in [0.15, 0.2) is 11.2 Å². The molecular formula is C26H30ClN3O4S. The van der Waals surface area contributed by atoms with Gasteiger partial charge in [0.1, 0.15) is 27.6 Å². The second kappa shape index (κ2) is 11.7. The molecule has 1 aromatic carbocycles. The van der Waals surface area contributed by atoms with E-state index in [1.54, 1.807) is 36.1 Å². The second-order valence-corrected chi connectivity index (χ2v) is 8.92. The third-order valence-corrected chi connectivity index (χ3v) is 6.23. The van der Waals surface area contributed by atoms with Crippen LogP contribution >= 0.6 is 23.4 Å². The molecule has 7 nitrogen and oxygen atoms in total. The Hall–Kier alpha value is -2.81. The number of aliphatic hydroxyl groups excluding tert-OH is 1. The van der Waals surface area contributed by atoms with Gasteiger partial charge in [0.05, 0.1) is 30.3 Å². The lowest BCUT2D eigenvalue weighted by Crippen LogP contribution is -2.11. The molecule has 0 saturated heterocycles. The third-order valence-electron chi connectivity index (χ3n) is 5.34. The first-order valence-electron chi connectivity index (χ1n) is 11.4. The normalized spacial score (nSPS) is 11.8. The van der Waals surface area contributed by atoms with Crippen molar-refractivity contribution in [2.75, 3.05) is 12.9 Å². The molecular weight excluding hydrogens is 486 g/mol. The van der Waals surface area contributed by atoms with Crippen molar-refractivity contribution in [2.45, 2.75) is 52.3 Å². The summed E-state index contributed by atoms with van der Waals surface area (Å²) in [7, 11) is 0. The van der Waals surface area contributed by atoms with Crippen LogP contribution in [0.25, 0.3) is 22.3 Å². The number of halogens is 1. The number of aryl methyl sites for hydroxylation is 1. The quantitative estimate of drug-likeness (QED) is 0.231. The molecule has 0 aliphatic carbocycles. The molecule has 4 aromatic rings. The van der Waals surface area contributed by atoms with E-state index in [2.05, 4.69) is 10.1 Å². The van der Waals surface area contributed by atoms with Gasteiger partial charge in [0.25, 0.3) is 0 Å². The standard InChI is InChI=1S/C24H24ClN3O4S.C2H6/c1-13-9-17(15(3)31-19-5-6-20(25)27-24(19)33-4)23-18(10-13)21(30)14(2)22(32-23)16-11-26-28(12-16)7-8-29;1-2/h5-6,9-12,15,29H,7-8H2,1-4H3;1-2H3. The van der Waals surface area contributed by atoms with Crippen LogP contribution in [0.2, 0.25) is 5.15 Å². The number of pyridine rings is 1. The summed E-state index contributed by atoms with van der Waals surface area (Å²) in [6.45, 7) is 9.92. The molecule has 1 unspecified atom stereocenters. The number of hydrogen-bond donors (Lipinski definition) is 1. The maximum absolute atomic E-state index is 13.3. The van der Waals surface area contributed by atoms with Gasteiger partial charge in [-0.3, -0.25) is 9.48 Å². The SMILES string of the molecule is CC.CSc1nc(Cl)ccc1OC(C)c1cc(C)cc2c(=O)c(C)c(-c3cnn(CCO)c3)oc12. The monoisotopic (exact) mass is 515 g/mol. The predicted octanol–water partition coefficient (Wildman–Crippen LogP) is 6.20. The first-order valence-corrected chi connectivity index (χ1v) is 13.0. The van der Waals surface area contributed by atoms with E-state index in [4.69, 9.17) is 20.8 Å². The molecule has 9 heteroatoms. The number of benzene rings is 1. The van der Waals surface area contributed by atoms with Crippen LogP contribution in [0.5, 0.6) is 5.75 Å². The van der Waals surface area contributed by atoms with Gasteiger partial charge < -0.3 is 14.3 Å². The Morgan fingerprint density at radius 3 is 2.69 bits per heavy atom. The second-order valence-electron chi connectivity index (χ2n) is 7.73. The molecule has 35 heavy (non-hydrogen) atoms. The summed E-state index contributed by atoms with van der Waals surface area (Å²) in [6, 6.07) is 7.27. The fourth-order valence-corrected chi connectivity index (χ4v) is 4.45. The molecule has 0 aliphatic heterocycles. The van der Waals surface area contributed by atoms with Crippen molar-refractivity contribution in [1.82, 2.24) is 14.8 Å². The minimum atomic E-state index is -0.419. The average Bonchev–Trinajstić information content (AvgIpc) is 3.32. The number of fused-ring (bicyclic) bond motifs is 1. The summed E-state index contributed by atoms with van der Waals surface area (Å²) in [5.74, 6) is 1.06. The van der Waals surface area contributed by atoms with Crippen LogP contribution in [0.4, 0.5) is 0 Å². The van der Waals surface area contributed by atoms with Crippen molar-refractivity contribution in [3.63, 3.8) is 0 Å². The maximum Gasteiger partial charge on any atom is 0.196 e. The predicted molar refractivity (Wildman–Crippen MR) is 142 cm³/mol. The number of rotatable bonds is 7. The highest BCUT2D eigenvalue weighted by molar-refractivity contribution is 7.98. The van der Waals surface area contributed by atoms with E-state index >= 15 is 0 Å². The summed E-state index contributed by atoms with van der Waals surface area (Å²) in [5.41, 5.74) is 3.24. The first kappa shape index (κ1) is 26.8. The molecule has 0 spiro atoms. The van der Waals surface area contributed by atoms with Crippen LogP contribution < -0.4 is 10.2 Å². The number of thioether (sulfide) groups is 1. The molecule has 1 N–H and O–H groups in total. The Kier molecular flexibility index (Phi) is 8.99. The number of hydrogen-bond acceptors (Lipinski definition) is 7. The molecule has 1 atom stereocenters. The molecule has 0 radical (unpaired) electrons. The highest BCUT2D eigenvalue weighted by Gasteiger charge is 2.21. The Morgan fingerprint density at radius 1 is 1.26 bits per heavy atom. The summed E-state index contributed by atoms with van der Waals surface area (Å²) in [5, 5.41) is 15.0.